The smallest absolute Gasteiger partial charge is 0.320 e. The third kappa shape index (κ3) is 6.57. The third-order valence-electron chi connectivity index (χ3n) is 5.15. The summed E-state index contributed by atoms with van der Waals surface area (Å²) >= 11 is 0. The van der Waals surface area contributed by atoms with Gasteiger partial charge in [0, 0.05) is 12.1 Å². The van der Waals surface area contributed by atoms with Crippen LogP contribution in [0.25, 0.3) is 10.8 Å². The van der Waals surface area contributed by atoms with Crippen LogP contribution in [0, 0.1) is 0 Å². The lowest BCUT2D eigenvalue weighted by molar-refractivity contribution is 0.0775. The van der Waals surface area contributed by atoms with E-state index in [1.807, 2.05) is 42.5 Å². The quantitative estimate of drug-likeness (QED) is 0.319. The number of anilines is 1. The first-order valence-electron chi connectivity index (χ1n) is 11.0. The lowest BCUT2D eigenvalue weighted by Gasteiger charge is -2.21. The first-order chi connectivity index (χ1) is 15.2. The number of para-hydroxylation sites is 1. The highest BCUT2D eigenvalue weighted by atomic mass is 16.7. The van der Waals surface area contributed by atoms with Crippen LogP contribution in [0.1, 0.15) is 55.8 Å². The molecule has 162 valence electrons. The molecule has 0 bridgehead atoms. The van der Waals surface area contributed by atoms with E-state index in [9.17, 15) is 9.59 Å². The largest absolute Gasteiger partial charge is 0.432 e. The van der Waals surface area contributed by atoms with Crippen molar-refractivity contribution in [3.05, 3.63) is 78.4 Å². The Balaban J connectivity index is 1.65. The normalized spacial score (nSPS) is 10.6. The van der Waals surface area contributed by atoms with E-state index in [0.29, 0.717) is 17.8 Å². The van der Waals surface area contributed by atoms with E-state index >= 15 is 0 Å². The van der Waals surface area contributed by atoms with Crippen LogP contribution in [0.3, 0.4) is 0 Å². The molecule has 2 amide bonds. The lowest BCUT2D eigenvalue weighted by Crippen LogP contribution is -2.38. The van der Waals surface area contributed by atoms with Crippen molar-refractivity contribution in [2.24, 2.45) is 0 Å². The number of nitrogens with one attached hydrogen (secondary N) is 1. The van der Waals surface area contributed by atoms with Gasteiger partial charge in [-0.2, -0.15) is 0 Å². The molecule has 0 fully saturated rings. The van der Waals surface area contributed by atoms with Crippen molar-refractivity contribution in [2.45, 2.75) is 45.4 Å². The Morgan fingerprint density at radius 1 is 0.806 bits per heavy atom. The Bertz CT molecular complexity index is 988. The summed E-state index contributed by atoms with van der Waals surface area (Å²) in [5.74, 6) is -0.397. The molecule has 0 unspecified atom stereocenters. The van der Waals surface area contributed by atoms with E-state index < -0.39 is 12.0 Å². The second-order valence-corrected chi connectivity index (χ2v) is 7.57. The predicted molar refractivity (Wildman–Crippen MR) is 125 cm³/mol. The Labute approximate surface area is 184 Å². The summed E-state index contributed by atoms with van der Waals surface area (Å²) in [6.07, 6.45) is 6.18. The van der Waals surface area contributed by atoms with Crippen molar-refractivity contribution in [3.63, 3.8) is 0 Å². The summed E-state index contributed by atoms with van der Waals surface area (Å²) in [6.45, 7) is 2.72. The number of hydrogen-bond donors (Lipinski definition) is 1. The number of hydrogen-bond acceptors (Lipinski definition) is 3. The highest BCUT2D eigenvalue weighted by molar-refractivity contribution is 6.07. The van der Waals surface area contributed by atoms with Gasteiger partial charge in [0.05, 0.1) is 5.69 Å². The number of benzene rings is 3. The van der Waals surface area contributed by atoms with Gasteiger partial charge in [0.25, 0.3) is 5.91 Å². The van der Waals surface area contributed by atoms with Crippen LogP contribution < -0.4 is 10.4 Å². The zero-order valence-electron chi connectivity index (χ0n) is 18.0. The van der Waals surface area contributed by atoms with E-state index in [0.717, 1.165) is 28.7 Å². The molecule has 5 nitrogen and oxygen atoms in total. The minimum absolute atomic E-state index is 0.397. The molecule has 0 aliphatic carbocycles. The number of nitrogens with zero attached hydrogens (tertiary/aromatic N) is 1. The van der Waals surface area contributed by atoms with Gasteiger partial charge in [0.1, 0.15) is 0 Å². The number of hydroxylamine groups is 1. The minimum Gasteiger partial charge on any atom is -0.320 e. The van der Waals surface area contributed by atoms with Crippen LogP contribution >= 0.6 is 0 Å². The van der Waals surface area contributed by atoms with E-state index in [4.69, 9.17) is 4.84 Å². The van der Waals surface area contributed by atoms with Crippen molar-refractivity contribution in [3.8, 4) is 0 Å². The van der Waals surface area contributed by atoms with Gasteiger partial charge >= 0.3 is 6.09 Å². The van der Waals surface area contributed by atoms with Gasteiger partial charge in [-0.25, -0.2) is 4.79 Å². The minimum atomic E-state index is -0.633. The SMILES string of the molecule is CCCCCCCCNC(=O)ON(C(=O)c1ccc2ccccc2c1)c1ccccc1. The first-order valence-corrected chi connectivity index (χ1v) is 11.0. The molecule has 0 aliphatic heterocycles. The summed E-state index contributed by atoms with van der Waals surface area (Å²) in [7, 11) is 0. The van der Waals surface area contributed by atoms with Crippen LogP contribution in [-0.2, 0) is 4.84 Å². The van der Waals surface area contributed by atoms with Gasteiger partial charge in [-0.05, 0) is 41.5 Å². The summed E-state index contributed by atoms with van der Waals surface area (Å²) < 4.78 is 0. The number of rotatable bonds is 9. The summed E-state index contributed by atoms with van der Waals surface area (Å²) in [6, 6.07) is 22.2. The summed E-state index contributed by atoms with van der Waals surface area (Å²) in [5, 5.41) is 5.81. The molecule has 0 aromatic heterocycles. The molecule has 31 heavy (non-hydrogen) atoms. The number of fused-ring (bicyclic) bond motifs is 1. The average Bonchev–Trinajstić information content (AvgIpc) is 2.82. The molecule has 0 saturated heterocycles. The molecule has 1 N–H and O–H groups in total. The topological polar surface area (TPSA) is 58.6 Å². The average molecular weight is 419 g/mol. The second kappa shape index (κ2) is 11.7. The molecule has 3 aromatic carbocycles. The fourth-order valence-electron chi connectivity index (χ4n) is 3.43. The predicted octanol–water partition coefficient (Wildman–Crippen LogP) is 6.49. The maximum atomic E-state index is 13.2. The Morgan fingerprint density at radius 3 is 2.26 bits per heavy atom. The van der Waals surface area contributed by atoms with Crippen LogP contribution in [0.15, 0.2) is 72.8 Å². The first kappa shape index (κ1) is 22.3. The maximum Gasteiger partial charge on any atom is 0.432 e. The second-order valence-electron chi connectivity index (χ2n) is 7.57. The fraction of sp³-hybridized carbons (Fsp3) is 0.308. The molecule has 0 heterocycles. The van der Waals surface area contributed by atoms with E-state index in [2.05, 4.69) is 12.2 Å². The zero-order chi connectivity index (χ0) is 21.9. The molecule has 0 saturated carbocycles. The number of carbonyl (C=O) groups is 2. The summed E-state index contributed by atoms with van der Waals surface area (Å²) in [5.41, 5.74) is 0.946. The molecular weight excluding hydrogens is 388 g/mol. The molecule has 3 aromatic rings. The summed E-state index contributed by atoms with van der Waals surface area (Å²) in [4.78, 5) is 31.0. The van der Waals surface area contributed by atoms with Crippen molar-refractivity contribution in [1.82, 2.24) is 5.32 Å². The van der Waals surface area contributed by atoms with Crippen molar-refractivity contribution < 1.29 is 14.4 Å². The lowest BCUT2D eigenvalue weighted by atomic mass is 10.1. The van der Waals surface area contributed by atoms with Gasteiger partial charge in [0.15, 0.2) is 0 Å². The van der Waals surface area contributed by atoms with E-state index in [1.165, 1.54) is 25.7 Å². The standard InChI is InChI=1S/C26H30N2O3/c1-2-3-4-5-6-12-19-27-26(30)31-28(24-15-8-7-9-16-24)25(29)23-18-17-21-13-10-11-14-22(21)20-23/h7-11,13-18,20H,2-6,12,19H2,1H3,(H,27,30). The highest BCUT2D eigenvalue weighted by Gasteiger charge is 2.22. The number of amides is 2. The van der Waals surface area contributed by atoms with Gasteiger partial charge in [-0.1, -0.05) is 87.6 Å². The van der Waals surface area contributed by atoms with Crippen LogP contribution in [0.5, 0.6) is 0 Å². The maximum absolute atomic E-state index is 13.2. The highest BCUT2D eigenvalue weighted by Crippen LogP contribution is 2.21. The van der Waals surface area contributed by atoms with Crippen LogP contribution in [0.4, 0.5) is 10.5 Å². The number of carbonyl (C=O) groups excluding carboxylic acids is 2. The molecule has 0 atom stereocenters. The monoisotopic (exact) mass is 418 g/mol. The van der Waals surface area contributed by atoms with Gasteiger partial charge < -0.3 is 10.2 Å². The molecular formula is C26H30N2O3. The van der Waals surface area contributed by atoms with Crippen LogP contribution in [0.2, 0.25) is 0 Å². The Hall–Kier alpha value is -3.34. The van der Waals surface area contributed by atoms with Crippen molar-refractivity contribution >= 4 is 28.5 Å². The molecule has 5 heteroatoms. The van der Waals surface area contributed by atoms with E-state index in [1.54, 1.807) is 30.3 Å². The van der Waals surface area contributed by atoms with Gasteiger partial charge in [-0.15, -0.1) is 5.06 Å². The van der Waals surface area contributed by atoms with Crippen LogP contribution in [-0.4, -0.2) is 18.5 Å². The zero-order valence-corrected chi connectivity index (χ0v) is 18.0. The fourth-order valence-corrected chi connectivity index (χ4v) is 3.43. The van der Waals surface area contributed by atoms with Crippen molar-refractivity contribution in [1.29, 1.82) is 0 Å². The van der Waals surface area contributed by atoms with Gasteiger partial charge in [-0.3, -0.25) is 4.79 Å². The Morgan fingerprint density at radius 2 is 1.48 bits per heavy atom. The molecule has 3 rings (SSSR count). The molecule has 0 aliphatic rings. The van der Waals surface area contributed by atoms with Gasteiger partial charge in [0.2, 0.25) is 0 Å². The van der Waals surface area contributed by atoms with E-state index in [-0.39, 0.29) is 0 Å². The third-order valence-corrected chi connectivity index (χ3v) is 5.15. The molecule has 0 spiro atoms. The van der Waals surface area contributed by atoms with Crippen molar-refractivity contribution in [2.75, 3.05) is 11.6 Å². The molecule has 0 radical (unpaired) electrons. The number of unbranched alkanes of at least 4 members (excludes halogenated alkanes) is 5. The Kier molecular flexibility index (Phi) is 8.47.